The fourth-order valence-electron chi connectivity index (χ4n) is 5.02. The quantitative estimate of drug-likeness (QED) is 0.873. The molecule has 2 aromatic rings. The summed E-state index contributed by atoms with van der Waals surface area (Å²) in [6.07, 6.45) is 4.35. The highest BCUT2D eigenvalue weighted by Gasteiger charge is 2.44. The number of ether oxygens (including phenoxy) is 2. The van der Waals surface area contributed by atoms with Crippen LogP contribution in [0.3, 0.4) is 0 Å². The number of hydrogen-bond acceptors (Lipinski definition) is 3. The van der Waals surface area contributed by atoms with E-state index in [0.717, 1.165) is 23.5 Å². The summed E-state index contributed by atoms with van der Waals surface area (Å²) in [5, 5.41) is 11.3. The number of aliphatic hydroxyl groups excluding tert-OH is 1. The van der Waals surface area contributed by atoms with Gasteiger partial charge in [-0.3, -0.25) is 0 Å². The molecule has 4 atom stereocenters. The van der Waals surface area contributed by atoms with Gasteiger partial charge < -0.3 is 14.6 Å². The zero-order valence-electron chi connectivity index (χ0n) is 14.9. The van der Waals surface area contributed by atoms with Crippen LogP contribution in [0.4, 0.5) is 0 Å². The summed E-state index contributed by atoms with van der Waals surface area (Å²) in [6, 6.07) is 14.3. The zero-order chi connectivity index (χ0) is 17.4. The Morgan fingerprint density at radius 3 is 2.40 bits per heavy atom. The second-order valence-electron chi connectivity index (χ2n) is 7.26. The van der Waals surface area contributed by atoms with Crippen molar-refractivity contribution in [3.05, 3.63) is 59.2 Å². The van der Waals surface area contributed by atoms with E-state index in [-0.39, 0.29) is 5.92 Å². The van der Waals surface area contributed by atoms with E-state index in [2.05, 4.69) is 18.2 Å². The van der Waals surface area contributed by atoms with Crippen molar-refractivity contribution in [1.29, 1.82) is 0 Å². The molecular formula is C22H26O3. The first-order valence-electron chi connectivity index (χ1n) is 9.23. The average Bonchev–Trinajstić information content (AvgIpc) is 2.68. The van der Waals surface area contributed by atoms with E-state index in [1.165, 1.54) is 30.4 Å². The summed E-state index contributed by atoms with van der Waals surface area (Å²) in [5.74, 6) is 2.85. The van der Waals surface area contributed by atoms with Gasteiger partial charge in [-0.25, -0.2) is 0 Å². The average molecular weight is 338 g/mol. The number of methoxy groups -OCH3 is 2. The molecule has 0 saturated heterocycles. The third-order valence-corrected chi connectivity index (χ3v) is 6.13. The number of fused-ring (bicyclic) bond motifs is 3. The Morgan fingerprint density at radius 1 is 0.920 bits per heavy atom. The Kier molecular flexibility index (Phi) is 4.43. The molecule has 132 valence electrons. The molecule has 0 heterocycles. The van der Waals surface area contributed by atoms with Gasteiger partial charge in [-0.1, -0.05) is 37.1 Å². The van der Waals surface area contributed by atoms with Crippen LogP contribution in [0.1, 0.15) is 60.3 Å². The monoisotopic (exact) mass is 338 g/mol. The Bertz CT molecular complexity index is 737. The van der Waals surface area contributed by atoms with Gasteiger partial charge in [0.15, 0.2) is 0 Å². The van der Waals surface area contributed by atoms with E-state index in [4.69, 9.17) is 9.47 Å². The SMILES string of the molecule is COc1ccc(C2C(O)c3cccc(OC)c3[C@@H]3CCCC[C@H]23)cc1. The van der Waals surface area contributed by atoms with E-state index in [0.29, 0.717) is 11.8 Å². The predicted molar refractivity (Wildman–Crippen MR) is 98.4 cm³/mol. The molecular weight excluding hydrogens is 312 g/mol. The van der Waals surface area contributed by atoms with Crippen LogP contribution in [0, 0.1) is 5.92 Å². The smallest absolute Gasteiger partial charge is 0.122 e. The predicted octanol–water partition coefficient (Wildman–Crippen LogP) is 4.81. The lowest BCUT2D eigenvalue weighted by Gasteiger charge is -2.45. The van der Waals surface area contributed by atoms with Crippen LogP contribution >= 0.6 is 0 Å². The third-order valence-electron chi connectivity index (χ3n) is 6.13. The third kappa shape index (κ3) is 2.71. The molecule has 0 spiro atoms. The van der Waals surface area contributed by atoms with Crippen molar-refractivity contribution >= 4 is 0 Å². The highest BCUT2D eigenvalue weighted by molar-refractivity contribution is 5.49. The lowest BCUT2D eigenvalue weighted by atomic mass is 9.60. The van der Waals surface area contributed by atoms with Crippen molar-refractivity contribution in [3.8, 4) is 11.5 Å². The topological polar surface area (TPSA) is 38.7 Å². The van der Waals surface area contributed by atoms with Crippen molar-refractivity contribution in [2.45, 2.75) is 43.6 Å². The molecule has 2 aliphatic rings. The molecule has 0 bridgehead atoms. The molecule has 1 saturated carbocycles. The van der Waals surface area contributed by atoms with Crippen molar-refractivity contribution in [1.82, 2.24) is 0 Å². The van der Waals surface area contributed by atoms with Crippen LogP contribution in [0.15, 0.2) is 42.5 Å². The molecule has 4 rings (SSSR count). The van der Waals surface area contributed by atoms with Crippen molar-refractivity contribution in [2.75, 3.05) is 14.2 Å². The van der Waals surface area contributed by atoms with Gasteiger partial charge in [-0.2, -0.15) is 0 Å². The summed E-state index contributed by atoms with van der Waals surface area (Å²) in [5.41, 5.74) is 3.49. The molecule has 1 N–H and O–H groups in total. The molecule has 2 aliphatic carbocycles. The molecule has 0 aliphatic heterocycles. The Labute approximate surface area is 149 Å². The van der Waals surface area contributed by atoms with E-state index >= 15 is 0 Å². The summed E-state index contributed by atoms with van der Waals surface area (Å²) in [7, 11) is 3.42. The van der Waals surface area contributed by atoms with E-state index < -0.39 is 6.10 Å². The summed E-state index contributed by atoms with van der Waals surface area (Å²) >= 11 is 0. The molecule has 0 aromatic heterocycles. The molecule has 1 fully saturated rings. The second-order valence-corrected chi connectivity index (χ2v) is 7.26. The summed E-state index contributed by atoms with van der Waals surface area (Å²) in [4.78, 5) is 0. The molecule has 3 nitrogen and oxygen atoms in total. The molecule has 25 heavy (non-hydrogen) atoms. The van der Waals surface area contributed by atoms with E-state index in [9.17, 15) is 5.11 Å². The largest absolute Gasteiger partial charge is 0.497 e. The fraction of sp³-hybridized carbons (Fsp3) is 0.455. The van der Waals surface area contributed by atoms with Gasteiger partial charge in [0.2, 0.25) is 0 Å². The lowest BCUT2D eigenvalue weighted by molar-refractivity contribution is 0.0741. The molecule has 2 aromatic carbocycles. The highest BCUT2D eigenvalue weighted by Crippen LogP contribution is 2.57. The first-order chi connectivity index (χ1) is 12.2. The molecule has 0 radical (unpaired) electrons. The van der Waals surface area contributed by atoms with Gasteiger partial charge in [0.25, 0.3) is 0 Å². The Morgan fingerprint density at radius 2 is 1.68 bits per heavy atom. The minimum absolute atomic E-state index is 0.135. The zero-order valence-corrected chi connectivity index (χ0v) is 14.9. The molecule has 3 heteroatoms. The minimum Gasteiger partial charge on any atom is -0.497 e. The maximum absolute atomic E-state index is 11.3. The van der Waals surface area contributed by atoms with Gasteiger partial charge in [-0.05, 0) is 54.0 Å². The number of rotatable bonds is 3. The van der Waals surface area contributed by atoms with Gasteiger partial charge in [-0.15, -0.1) is 0 Å². The van der Waals surface area contributed by atoms with Crippen LogP contribution in [-0.2, 0) is 0 Å². The molecule has 2 unspecified atom stereocenters. The van der Waals surface area contributed by atoms with Crippen LogP contribution in [0.2, 0.25) is 0 Å². The minimum atomic E-state index is -0.488. The maximum Gasteiger partial charge on any atom is 0.122 e. The summed E-state index contributed by atoms with van der Waals surface area (Å²) in [6.45, 7) is 0. The first kappa shape index (κ1) is 16.5. The van der Waals surface area contributed by atoms with Crippen LogP contribution in [0.25, 0.3) is 0 Å². The standard InChI is InChI=1S/C22H26O3/c1-24-15-12-10-14(11-13-15)20-16-6-3-4-7-17(16)21-18(22(20)23)8-5-9-19(21)25-2/h5,8-13,16-17,20,22-23H,3-4,6-7H2,1-2H3/t16-,17+,20?,22?/m0/s1. The first-order valence-corrected chi connectivity index (χ1v) is 9.23. The lowest BCUT2D eigenvalue weighted by Crippen LogP contribution is -2.34. The summed E-state index contributed by atoms with van der Waals surface area (Å²) < 4.78 is 11.0. The van der Waals surface area contributed by atoms with Gasteiger partial charge in [0.1, 0.15) is 11.5 Å². The number of hydrogen-bond donors (Lipinski definition) is 1. The molecule has 0 amide bonds. The normalized spacial score (nSPS) is 28.0. The van der Waals surface area contributed by atoms with Crippen molar-refractivity contribution in [2.24, 2.45) is 5.92 Å². The maximum atomic E-state index is 11.3. The van der Waals surface area contributed by atoms with Crippen LogP contribution in [0.5, 0.6) is 11.5 Å². The van der Waals surface area contributed by atoms with Gasteiger partial charge >= 0.3 is 0 Å². The van der Waals surface area contributed by atoms with Crippen molar-refractivity contribution in [3.63, 3.8) is 0 Å². The van der Waals surface area contributed by atoms with E-state index in [1.807, 2.05) is 24.3 Å². The van der Waals surface area contributed by atoms with Gasteiger partial charge in [0, 0.05) is 11.5 Å². The number of aliphatic hydroxyl groups is 1. The van der Waals surface area contributed by atoms with E-state index in [1.54, 1.807) is 14.2 Å². The fourth-order valence-corrected chi connectivity index (χ4v) is 5.02. The Balaban J connectivity index is 1.82. The number of benzene rings is 2. The van der Waals surface area contributed by atoms with Crippen LogP contribution in [-0.4, -0.2) is 19.3 Å². The van der Waals surface area contributed by atoms with Crippen LogP contribution < -0.4 is 9.47 Å². The van der Waals surface area contributed by atoms with Crippen molar-refractivity contribution < 1.29 is 14.6 Å². The highest BCUT2D eigenvalue weighted by atomic mass is 16.5. The van der Waals surface area contributed by atoms with Gasteiger partial charge in [0.05, 0.1) is 20.3 Å². The Hall–Kier alpha value is -2.00. The second kappa shape index (κ2) is 6.72.